The molecular formula is C12H17BrN2O2. The fourth-order valence-corrected chi connectivity index (χ4v) is 2.11. The molecule has 0 spiro atoms. The molecule has 1 aromatic rings. The topological polar surface area (TPSA) is 43.4 Å². The van der Waals surface area contributed by atoms with Gasteiger partial charge in [0.1, 0.15) is 5.82 Å². The molecule has 2 heterocycles. The van der Waals surface area contributed by atoms with E-state index in [0.717, 1.165) is 36.3 Å². The van der Waals surface area contributed by atoms with Gasteiger partial charge in [0.05, 0.1) is 11.1 Å². The number of rotatable bonds is 5. The number of anilines is 1. The molecule has 2 rings (SSSR count). The zero-order valence-corrected chi connectivity index (χ0v) is 11.3. The Kier molecular flexibility index (Phi) is 5.22. The van der Waals surface area contributed by atoms with Crippen molar-refractivity contribution < 1.29 is 9.47 Å². The van der Waals surface area contributed by atoms with Gasteiger partial charge in [0, 0.05) is 19.3 Å². The van der Waals surface area contributed by atoms with Crippen molar-refractivity contribution in [1.29, 1.82) is 0 Å². The summed E-state index contributed by atoms with van der Waals surface area (Å²) in [5.41, 5.74) is 0. The molecule has 5 heteroatoms. The molecule has 0 saturated carbocycles. The number of ether oxygens (including phenoxy) is 2. The van der Waals surface area contributed by atoms with E-state index in [0.29, 0.717) is 6.61 Å². The molecule has 0 aliphatic carbocycles. The molecule has 1 unspecified atom stereocenters. The smallest absolute Gasteiger partial charge is 0.157 e. The fourth-order valence-electron chi connectivity index (χ4n) is 1.72. The molecule has 1 aliphatic heterocycles. The highest BCUT2D eigenvalue weighted by Crippen LogP contribution is 2.18. The molecule has 94 valence electrons. The largest absolute Gasteiger partial charge is 0.367 e. The standard InChI is InChI=1S/C12H17BrN2O2/c13-10-4-3-6-14-12(10)15-7-9-17-11-5-1-2-8-16-11/h3-4,6,11H,1-2,5,7-9H2,(H,14,15). The summed E-state index contributed by atoms with van der Waals surface area (Å²) in [4.78, 5) is 4.22. The Morgan fingerprint density at radius 2 is 2.47 bits per heavy atom. The maximum atomic E-state index is 5.62. The van der Waals surface area contributed by atoms with Crippen LogP contribution in [-0.2, 0) is 9.47 Å². The van der Waals surface area contributed by atoms with Crippen molar-refractivity contribution in [3.8, 4) is 0 Å². The molecule has 0 aromatic carbocycles. The Morgan fingerprint density at radius 3 is 3.24 bits per heavy atom. The van der Waals surface area contributed by atoms with Gasteiger partial charge in [-0.25, -0.2) is 4.98 Å². The van der Waals surface area contributed by atoms with Gasteiger partial charge < -0.3 is 14.8 Å². The molecule has 1 N–H and O–H groups in total. The minimum atomic E-state index is -0.0160. The van der Waals surface area contributed by atoms with Crippen LogP contribution in [0.1, 0.15) is 19.3 Å². The normalized spacial score (nSPS) is 20.2. The summed E-state index contributed by atoms with van der Waals surface area (Å²) in [5.74, 6) is 0.848. The van der Waals surface area contributed by atoms with Gasteiger partial charge in [-0.3, -0.25) is 0 Å². The van der Waals surface area contributed by atoms with E-state index in [-0.39, 0.29) is 6.29 Å². The molecule has 1 aromatic heterocycles. The van der Waals surface area contributed by atoms with Crippen LogP contribution in [0, 0.1) is 0 Å². The van der Waals surface area contributed by atoms with Gasteiger partial charge in [-0.15, -0.1) is 0 Å². The van der Waals surface area contributed by atoms with E-state index in [1.54, 1.807) is 6.20 Å². The van der Waals surface area contributed by atoms with E-state index < -0.39 is 0 Å². The quantitative estimate of drug-likeness (QED) is 0.849. The summed E-state index contributed by atoms with van der Waals surface area (Å²) in [5, 5.41) is 3.21. The van der Waals surface area contributed by atoms with Crippen LogP contribution in [0.25, 0.3) is 0 Å². The average Bonchev–Trinajstić information content (AvgIpc) is 2.38. The lowest BCUT2D eigenvalue weighted by molar-refractivity contribution is -0.159. The lowest BCUT2D eigenvalue weighted by atomic mass is 10.2. The van der Waals surface area contributed by atoms with Crippen molar-refractivity contribution in [3.05, 3.63) is 22.8 Å². The predicted molar refractivity (Wildman–Crippen MR) is 70.0 cm³/mol. The third-order valence-corrected chi connectivity index (χ3v) is 3.23. The molecular weight excluding hydrogens is 284 g/mol. The number of pyridine rings is 1. The van der Waals surface area contributed by atoms with Crippen LogP contribution in [0.4, 0.5) is 5.82 Å². The van der Waals surface area contributed by atoms with Gasteiger partial charge in [-0.05, 0) is 47.3 Å². The van der Waals surface area contributed by atoms with Crippen molar-refractivity contribution in [3.63, 3.8) is 0 Å². The lowest BCUT2D eigenvalue weighted by Gasteiger charge is -2.22. The first kappa shape index (κ1) is 12.8. The Balaban J connectivity index is 1.64. The Morgan fingerprint density at radius 1 is 1.53 bits per heavy atom. The van der Waals surface area contributed by atoms with Crippen molar-refractivity contribution in [2.75, 3.05) is 25.1 Å². The van der Waals surface area contributed by atoms with Crippen LogP contribution in [0.15, 0.2) is 22.8 Å². The summed E-state index contributed by atoms with van der Waals surface area (Å²) in [6.07, 6.45) is 5.10. The highest BCUT2D eigenvalue weighted by molar-refractivity contribution is 9.10. The van der Waals surface area contributed by atoms with Crippen molar-refractivity contribution >= 4 is 21.7 Å². The van der Waals surface area contributed by atoms with Gasteiger partial charge in [-0.1, -0.05) is 0 Å². The van der Waals surface area contributed by atoms with Gasteiger partial charge in [0.2, 0.25) is 0 Å². The van der Waals surface area contributed by atoms with E-state index >= 15 is 0 Å². The predicted octanol–water partition coefficient (Wildman–Crippen LogP) is 2.80. The maximum absolute atomic E-state index is 5.62. The number of halogens is 1. The van der Waals surface area contributed by atoms with Crippen LogP contribution >= 0.6 is 15.9 Å². The zero-order chi connectivity index (χ0) is 11.9. The average molecular weight is 301 g/mol. The second-order valence-electron chi connectivity index (χ2n) is 3.93. The number of hydrogen-bond donors (Lipinski definition) is 1. The lowest BCUT2D eigenvalue weighted by Crippen LogP contribution is -2.24. The van der Waals surface area contributed by atoms with Crippen LogP contribution in [0.3, 0.4) is 0 Å². The molecule has 0 amide bonds. The molecule has 0 radical (unpaired) electrons. The highest BCUT2D eigenvalue weighted by atomic mass is 79.9. The van der Waals surface area contributed by atoms with Crippen molar-refractivity contribution in [1.82, 2.24) is 4.98 Å². The van der Waals surface area contributed by atoms with E-state index in [4.69, 9.17) is 9.47 Å². The Bertz CT molecular complexity index is 343. The minimum absolute atomic E-state index is 0.0160. The number of nitrogens with one attached hydrogen (secondary N) is 1. The Labute approximate surface area is 110 Å². The minimum Gasteiger partial charge on any atom is -0.367 e. The molecule has 1 saturated heterocycles. The monoisotopic (exact) mass is 300 g/mol. The van der Waals surface area contributed by atoms with Crippen molar-refractivity contribution in [2.45, 2.75) is 25.6 Å². The molecule has 1 aliphatic rings. The summed E-state index contributed by atoms with van der Waals surface area (Å²) in [6.45, 7) is 2.19. The van der Waals surface area contributed by atoms with Gasteiger partial charge >= 0.3 is 0 Å². The first-order chi connectivity index (χ1) is 8.36. The van der Waals surface area contributed by atoms with Crippen LogP contribution in [-0.4, -0.2) is 31.0 Å². The van der Waals surface area contributed by atoms with E-state index in [9.17, 15) is 0 Å². The summed E-state index contributed by atoms with van der Waals surface area (Å²) in [7, 11) is 0. The summed E-state index contributed by atoms with van der Waals surface area (Å²) < 4.78 is 12.1. The Hall–Kier alpha value is -0.650. The van der Waals surface area contributed by atoms with E-state index in [1.807, 2.05) is 12.1 Å². The van der Waals surface area contributed by atoms with Crippen LogP contribution < -0.4 is 5.32 Å². The maximum Gasteiger partial charge on any atom is 0.157 e. The number of hydrogen-bond acceptors (Lipinski definition) is 4. The second-order valence-corrected chi connectivity index (χ2v) is 4.78. The van der Waals surface area contributed by atoms with Crippen molar-refractivity contribution in [2.24, 2.45) is 0 Å². The number of aromatic nitrogens is 1. The summed E-state index contributed by atoms with van der Waals surface area (Å²) in [6, 6.07) is 3.85. The zero-order valence-electron chi connectivity index (χ0n) is 9.69. The SMILES string of the molecule is Brc1cccnc1NCCOC1CCCCO1. The van der Waals surface area contributed by atoms with E-state index in [2.05, 4.69) is 26.2 Å². The van der Waals surface area contributed by atoms with Gasteiger partial charge in [-0.2, -0.15) is 0 Å². The first-order valence-corrected chi connectivity index (χ1v) is 6.73. The molecule has 17 heavy (non-hydrogen) atoms. The van der Waals surface area contributed by atoms with Gasteiger partial charge in [0.25, 0.3) is 0 Å². The van der Waals surface area contributed by atoms with Gasteiger partial charge in [0.15, 0.2) is 6.29 Å². The summed E-state index contributed by atoms with van der Waals surface area (Å²) >= 11 is 3.43. The number of nitrogens with zero attached hydrogens (tertiary/aromatic N) is 1. The third kappa shape index (κ3) is 4.26. The molecule has 4 nitrogen and oxygen atoms in total. The molecule has 1 atom stereocenters. The fraction of sp³-hybridized carbons (Fsp3) is 0.583. The molecule has 0 bridgehead atoms. The first-order valence-electron chi connectivity index (χ1n) is 5.94. The van der Waals surface area contributed by atoms with Crippen LogP contribution in [0.2, 0.25) is 0 Å². The third-order valence-electron chi connectivity index (χ3n) is 2.59. The second kappa shape index (κ2) is 6.93. The van der Waals surface area contributed by atoms with Crippen LogP contribution in [0.5, 0.6) is 0 Å². The molecule has 1 fully saturated rings. The van der Waals surface area contributed by atoms with E-state index in [1.165, 1.54) is 6.42 Å². The highest BCUT2D eigenvalue weighted by Gasteiger charge is 2.13.